The smallest absolute Gasteiger partial charge is 0.162 e. The molecule has 5 heteroatoms. The molecule has 3 aromatic heterocycles. The first-order chi connectivity index (χ1) is 10.2. The molecule has 3 aromatic rings. The van der Waals surface area contributed by atoms with Gasteiger partial charge in [-0.3, -0.25) is 9.97 Å². The minimum atomic E-state index is 0.543. The fraction of sp³-hybridized carbons (Fsp3) is 0.250. The van der Waals surface area contributed by atoms with Gasteiger partial charge in [0, 0.05) is 36.1 Å². The SMILES string of the molecule is CC(C)CNc1nc(-c2ccncc2)nc2cnccc12. The Morgan fingerprint density at radius 1 is 1.00 bits per heavy atom. The second-order valence-electron chi connectivity index (χ2n) is 5.30. The molecule has 3 rings (SSSR count). The van der Waals surface area contributed by atoms with Crippen LogP contribution in [-0.4, -0.2) is 26.5 Å². The Hall–Kier alpha value is -2.56. The lowest BCUT2D eigenvalue weighted by Crippen LogP contribution is -2.10. The summed E-state index contributed by atoms with van der Waals surface area (Å²) in [6.45, 7) is 5.20. The fourth-order valence-electron chi connectivity index (χ4n) is 2.05. The molecule has 0 fully saturated rings. The second kappa shape index (κ2) is 5.83. The van der Waals surface area contributed by atoms with Crippen LogP contribution >= 0.6 is 0 Å². The first kappa shape index (κ1) is 13.4. The molecule has 21 heavy (non-hydrogen) atoms. The molecular formula is C16H17N5. The summed E-state index contributed by atoms with van der Waals surface area (Å²) in [7, 11) is 0. The van der Waals surface area contributed by atoms with Crippen molar-refractivity contribution in [1.29, 1.82) is 0 Å². The highest BCUT2D eigenvalue weighted by Gasteiger charge is 2.09. The molecule has 0 aliphatic heterocycles. The summed E-state index contributed by atoms with van der Waals surface area (Å²) in [6.07, 6.45) is 7.02. The third kappa shape index (κ3) is 2.97. The molecule has 1 N–H and O–H groups in total. The molecule has 0 aliphatic carbocycles. The van der Waals surface area contributed by atoms with Crippen molar-refractivity contribution in [1.82, 2.24) is 19.9 Å². The first-order valence-corrected chi connectivity index (χ1v) is 7.00. The number of aromatic nitrogens is 4. The van der Waals surface area contributed by atoms with Crippen molar-refractivity contribution in [3.63, 3.8) is 0 Å². The number of hydrogen-bond donors (Lipinski definition) is 1. The normalized spacial score (nSPS) is 11.0. The fourth-order valence-corrected chi connectivity index (χ4v) is 2.05. The van der Waals surface area contributed by atoms with Crippen LogP contribution in [0.4, 0.5) is 5.82 Å². The highest BCUT2D eigenvalue weighted by Crippen LogP contribution is 2.24. The molecule has 0 unspecified atom stereocenters. The molecule has 0 amide bonds. The van der Waals surface area contributed by atoms with Gasteiger partial charge in [-0.05, 0) is 24.1 Å². The van der Waals surface area contributed by atoms with Gasteiger partial charge in [0.1, 0.15) is 5.82 Å². The molecule has 0 saturated heterocycles. The van der Waals surface area contributed by atoms with E-state index in [2.05, 4.69) is 39.1 Å². The number of rotatable bonds is 4. The number of nitrogens with one attached hydrogen (secondary N) is 1. The van der Waals surface area contributed by atoms with Gasteiger partial charge in [0.2, 0.25) is 0 Å². The molecule has 0 aromatic carbocycles. The standard InChI is InChI=1S/C16H17N5/c1-11(2)9-19-16-13-5-8-18-10-14(13)20-15(21-16)12-3-6-17-7-4-12/h3-8,10-11H,9H2,1-2H3,(H,19,20,21). The molecule has 0 aliphatic rings. The van der Waals surface area contributed by atoms with E-state index in [0.29, 0.717) is 11.7 Å². The monoisotopic (exact) mass is 279 g/mol. The van der Waals surface area contributed by atoms with Gasteiger partial charge in [0.25, 0.3) is 0 Å². The molecule has 5 nitrogen and oxygen atoms in total. The lowest BCUT2D eigenvalue weighted by molar-refractivity contribution is 0.687. The van der Waals surface area contributed by atoms with Crippen molar-refractivity contribution in [2.75, 3.05) is 11.9 Å². The van der Waals surface area contributed by atoms with E-state index in [4.69, 9.17) is 0 Å². The van der Waals surface area contributed by atoms with E-state index in [-0.39, 0.29) is 0 Å². The highest BCUT2D eigenvalue weighted by molar-refractivity contribution is 5.89. The van der Waals surface area contributed by atoms with Gasteiger partial charge in [0.05, 0.1) is 11.7 Å². The van der Waals surface area contributed by atoms with Crippen molar-refractivity contribution in [3.05, 3.63) is 43.0 Å². The van der Waals surface area contributed by atoms with Crippen LogP contribution in [0.5, 0.6) is 0 Å². The maximum Gasteiger partial charge on any atom is 0.162 e. The van der Waals surface area contributed by atoms with Crippen molar-refractivity contribution in [3.8, 4) is 11.4 Å². The summed E-state index contributed by atoms with van der Waals surface area (Å²) in [6, 6.07) is 5.75. The van der Waals surface area contributed by atoms with Crippen molar-refractivity contribution in [2.24, 2.45) is 5.92 Å². The summed E-state index contributed by atoms with van der Waals surface area (Å²) in [5.74, 6) is 2.08. The van der Waals surface area contributed by atoms with Crippen LogP contribution in [0.25, 0.3) is 22.3 Å². The van der Waals surface area contributed by atoms with Crippen LogP contribution in [0.2, 0.25) is 0 Å². The zero-order valence-electron chi connectivity index (χ0n) is 12.1. The molecular weight excluding hydrogens is 262 g/mol. The quantitative estimate of drug-likeness (QED) is 0.794. The van der Waals surface area contributed by atoms with Gasteiger partial charge >= 0.3 is 0 Å². The Balaban J connectivity index is 2.10. The van der Waals surface area contributed by atoms with Crippen molar-refractivity contribution >= 4 is 16.7 Å². The highest BCUT2D eigenvalue weighted by atomic mass is 15.0. The van der Waals surface area contributed by atoms with Gasteiger partial charge in [-0.1, -0.05) is 13.8 Å². The number of nitrogens with zero attached hydrogens (tertiary/aromatic N) is 4. The largest absolute Gasteiger partial charge is 0.369 e. The lowest BCUT2D eigenvalue weighted by Gasteiger charge is -2.12. The van der Waals surface area contributed by atoms with Gasteiger partial charge < -0.3 is 5.32 Å². The minimum Gasteiger partial charge on any atom is -0.369 e. The van der Waals surface area contributed by atoms with Gasteiger partial charge in [-0.15, -0.1) is 0 Å². The average Bonchev–Trinajstić information content (AvgIpc) is 2.53. The van der Waals surface area contributed by atoms with E-state index in [9.17, 15) is 0 Å². The molecule has 0 spiro atoms. The maximum absolute atomic E-state index is 4.67. The Morgan fingerprint density at radius 2 is 1.76 bits per heavy atom. The van der Waals surface area contributed by atoms with Crippen molar-refractivity contribution in [2.45, 2.75) is 13.8 Å². The van der Waals surface area contributed by atoms with Gasteiger partial charge in [0.15, 0.2) is 5.82 Å². The third-order valence-corrected chi connectivity index (χ3v) is 3.12. The predicted octanol–water partition coefficient (Wildman–Crippen LogP) is 3.15. The van der Waals surface area contributed by atoms with Crippen LogP contribution < -0.4 is 5.32 Å². The summed E-state index contributed by atoms with van der Waals surface area (Å²) in [5, 5.41) is 4.39. The Bertz CT molecular complexity index is 740. The van der Waals surface area contributed by atoms with E-state index in [1.165, 1.54) is 0 Å². The minimum absolute atomic E-state index is 0.543. The summed E-state index contributed by atoms with van der Waals surface area (Å²) < 4.78 is 0. The van der Waals surface area contributed by atoms with Crippen LogP contribution in [-0.2, 0) is 0 Å². The Labute approximate surface area is 123 Å². The molecule has 0 atom stereocenters. The van der Waals surface area contributed by atoms with Gasteiger partial charge in [-0.25, -0.2) is 9.97 Å². The van der Waals surface area contributed by atoms with E-state index in [0.717, 1.165) is 28.8 Å². The Kier molecular flexibility index (Phi) is 3.73. The zero-order chi connectivity index (χ0) is 14.7. The van der Waals surface area contributed by atoms with Crippen LogP contribution in [0.1, 0.15) is 13.8 Å². The number of hydrogen-bond acceptors (Lipinski definition) is 5. The topological polar surface area (TPSA) is 63.6 Å². The predicted molar refractivity (Wildman–Crippen MR) is 83.9 cm³/mol. The average molecular weight is 279 g/mol. The molecule has 0 bridgehead atoms. The zero-order valence-corrected chi connectivity index (χ0v) is 12.1. The molecule has 0 radical (unpaired) electrons. The Morgan fingerprint density at radius 3 is 2.52 bits per heavy atom. The number of pyridine rings is 2. The van der Waals surface area contributed by atoms with E-state index < -0.39 is 0 Å². The first-order valence-electron chi connectivity index (χ1n) is 7.00. The third-order valence-electron chi connectivity index (χ3n) is 3.12. The summed E-state index contributed by atoms with van der Waals surface area (Å²) >= 11 is 0. The van der Waals surface area contributed by atoms with Crippen LogP contribution in [0.15, 0.2) is 43.0 Å². The number of anilines is 1. The molecule has 0 saturated carbocycles. The van der Waals surface area contributed by atoms with E-state index in [1.54, 1.807) is 24.8 Å². The van der Waals surface area contributed by atoms with Crippen molar-refractivity contribution < 1.29 is 0 Å². The maximum atomic E-state index is 4.67. The summed E-state index contributed by atoms with van der Waals surface area (Å²) in [5.41, 5.74) is 1.79. The molecule has 3 heterocycles. The van der Waals surface area contributed by atoms with Gasteiger partial charge in [-0.2, -0.15) is 0 Å². The number of fused-ring (bicyclic) bond motifs is 1. The summed E-state index contributed by atoms with van der Waals surface area (Å²) in [4.78, 5) is 17.4. The second-order valence-corrected chi connectivity index (χ2v) is 5.30. The van der Waals surface area contributed by atoms with E-state index in [1.807, 2.05) is 18.2 Å². The van der Waals surface area contributed by atoms with Crippen LogP contribution in [0, 0.1) is 5.92 Å². The van der Waals surface area contributed by atoms with E-state index >= 15 is 0 Å². The lowest BCUT2D eigenvalue weighted by atomic mass is 10.2. The molecule has 106 valence electrons. The van der Waals surface area contributed by atoms with Crippen LogP contribution in [0.3, 0.4) is 0 Å².